The number of methoxy groups -OCH3 is 1. The number of aryl methyl sites for hydroxylation is 3. The van der Waals surface area contributed by atoms with Crippen LogP contribution in [-0.4, -0.2) is 137 Å². The Morgan fingerprint density at radius 3 is 1.86 bits per heavy atom. The Bertz CT molecular complexity index is 3800. The van der Waals surface area contributed by atoms with Crippen molar-refractivity contribution in [2.75, 3.05) is 50.2 Å². The molecule has 7 rings (SSSR count). The molecule has 94 heavy (non-hydrogen) atoms. The first-order chi connectivity index (χ1) is 45.0. The third kappa shape index (κ3) is 19.4. The van der Waals surface area contributed by atoms with Crippen molar-refractivity contribution >= 4 is 86.7 Å². The third-order valence-electron chi connectivity index (χ3n) is 14.3. The quantitative estimate of drug-likeness (QED) is 0.00561. The number of nitrogens with zero attached hydrogens (tertiary/aromatic N) is 3. The maximum atomic E-state index is 14.0. The Morgan fingerprint density at radius 2 is 1.30 bits per heavy atom. The monoisotopic (exact) mass is 1350 g/mol. The molecule has 2 aromatic heterocycles. The summed E-state index contributed by atoms with van der Waals surface area (Å²) in [7, 11) is -1.75. The Hall–Kier alpha value is -8.89. The maximum Gasteiger partial charge on any atom is 0.408 e. The summed E-state index contributed by atoms with van der Waals surface area (Å²) in [5.74, 6) is -3.67. The number of alkyl carbamates (subject to hydrolysis) is 1. The molecule has 9 N–H and O–H groups in total. The van der Waals surface area contributed by atoms with E-state index in [1.807, 2.05) is 66.9 Å². The molecule has 0 unspecified atom stereocenters. The van der Waals surface area contributed by atoms with Crippen LogP contribution in [0.5, 0.6) is 5.75 Å². The van der Waals surface area contributed by atoms with Crippen LogP contribution in [0.2, 0.25) is 0 Å². The first-order valence-corrected chi connectivity index (χ1v) is 32.5. The van der Waals surface area contributed by atoms with Crippen LogP contribution in [-0.2, 0) is 76.6 Å². The number of aromatic nitrogens is 3. The van der Waals surface area contributed by atoms with Gasteiger partial charge in [-0.25, -0.2) is 28.7 Å². The molecule has 3 atom stereocenters. The summed E-state index contributed by atoms with van der Waals surface area (Å²) >= 11 is 0.911. The maximum absolute atomic E-state index is 14.0. The molecule has 2 heterocycles. The lowest BCUT2D eigenvalue weighted by Crippen LogP contribution is -2.56. The molecule has 0 aliphatic heterocycles. The molecule has 5 amide bonds. The van der Waals surface area contributed by atoms with Crippen molar-refractivity contribution in [1.29, 1.82) is 0 Å². The van der Waals surface area contributed by atoms with Gasteiger partial charge in [-0.05, 0) is 98.7 Å². The van der Waals surface area contributed by atoms with Crippen LogP contribution < -0.4 is 46.8 Å². The summed E-state index contributed by atoms with van der Waals surface area (Å²) in [5.41, 5.74) is 2.28. The lowest BCUT2D eigenvalue weighted by molar-refractivity contribution is -0.432. The van der Waals surface area contributed by atoms with Crippen LogP contribution >= 0.6 is 24.1 Å². The molecule has 0 saturated carbocycles. The van der Waals surface area contributed by atoms with E-state index in [0.29, 0.717) is 42.1 Å². The number of nitrogens with one attached hydrogen (secondary N) is 7. The zero-order chi connectivity index (χ0) is 68.0. The number of fused-ring (bicyclic) bond motifs is 1. The van der Waals surface area contributed by atoms with E-state index in [0.717, 1.165) is 29.4 Å². The summed E-state index contributed by atoms with van der Waals surface area (Å²) in [5, 5.41) is 40.4. The van der Waals surface area contributed by atoms with E-state index in [2.05, 4.69) is 96.3 Å². The number of benzene rings is 5. The lowest BCUT2D eigenvalue weighted by Gasteiger charge is -2.38. The van der Waals surface area contributed by atoms with E-state index >= 15 is 0 Å². The summed E-state index contributed by atoms with van der Waals surface area (Å²) in [6, 6.07) is 34.4. The van der Waals surface area contributed by atoms with Gasteiger partial charge < -0.3 is 50.7 Å². The fourth-order valence-electron chi connectivity index (χ4n) is 10.3. The highest BCUT2D eigenvalue weighted by molar-refractivity contribution is 7.94. The largest absolute Gasteiger partial charge is 0.494 e. The Balaban J connectivity index is 0.912. The van der Waals surface area contributed by atoms with Gasteiger partial charge in [0.05, 0.1) is 35.6 Å². The van der Waals surface area contributed by atoms with Gasteiger partial charge in [-0.15, -0.1) is 8.67 Å². The zero-order valence-electron chi connectivity index (χ0n) is 52.4. The van der Waals surface area contributed by atoms with Crippen LogP contribution in [0.4, 0.5) is 10.7 Å². The standard InChI is InChI=1S/C63H74N10O18S3/c1-40-32-46(86-31-17-24-53(74)64-27-28-65-57(77)50(38-92-90-88-81)69-58(78)51(39-93-91-89-82)70-61(80)87-62(3,4)5)33-41(2)55(40)94(83,84)71-49(59(79)85-7)36-67-56(76)48-37-72(6)52-34-42(25-26-47(52)54(48)75)35-68-60-66-29-30-73(60)63(43-18-11-8-12-19-43,44-20-13-9-14-21-44)45-22-15-10-16-23-45/h8-16,18-23,25-26,29-30,32-34,37,49-51,71,81-82H,17,24,27-28,31,35-36,38-39H2,1-7H3,(H,64,74)(H,65,77)(H,66,68)(H,67,76)(H,69,78)(H,70,80)/t49-,50-,51-/m0/s1. The van der Waals surface area contributed by atoms with E-state index in [1.165, 1.54) is 32.2 Å². The zero-order valence-corrected chi connectivity index (χ0v) is 54.8. The van der Waals surface area contributed by atoms with Crippen LogP contribution in [0.15, 0.2) is 150 Å². The van der Waals surface area contributed by atoms with Gasteiger partial charge in [0.2, 0.25) is 39.1 Å². The number of esters is 1. The van der Waals surface area contributed by atoms with Gasteiger partial charge in [0, 0.05) is 87.7 Å². The Kier molecular flexibility index (Phi) is 26.5. The van der Waals surface area contributed by atoms with Crippen LogP contribution in [0.3, 0.4) is 0 Å². The first-order valence-electron chi connectivity index (χ1n) is 29.2. The second kappa shape index (κ2) is 34.3. The van der Waals surface area contributed by atoms with Crippen LogP contribution in [0, 0.1) is 13.8 Å². The minimum atomic E-state index is -4.49. The van der Waals surface area contributed by atoms with Crippen molar-refractivity contribution in [2.24, 2.45) is 7.05 Å². The Labute approximate surface area is 550 Å². The predicted molar refractivity (Wildman–Crippen MR) is 348 cm³/mol. The molecule has 0 aliphatic rings. The van der Waals surface area contributed by atoms with Gasteiger partial charge in [-0.1, -0.05) is 107 Å². The second-order valence-corrected chi connectivity index (χ2v) is 25.2. The third-order valence-corrected chi connectivity index (χ3v) is 17.3. The van der Waals surface area contributed by atoms with E-state index < -0.39 is 87.0 Å². The second-order valence-electron chi connectivity index (χ2n) is 22.1. The molecule has 28 nitrogen and oxygen atoms in total. The normalized spacial score (nSPS) is 12.6. The topological polar surface area (TPSA) is 366 Å². The average Bonchev–Trinajstić information content (AvgIpc) is 1.25. The van der Waals surface area contributed by atoms with Crippen molar-refractivity contribution in [2.45, 2.75) is 88.2 Å². The van der Waals surface area contributed by atoms with Gasteiger partial charge in [-0.2, -0.15) is 4.72 Å². The molecule has 0 aliphatic carbocycles. The highest BCUT2D eigenvalue weighted by atomic mass is 32.2. The SMILES string of the molecule is COC(=O)[C@H](CNC(=O)c1cn(C)c2cc(CNc3nccn3C(c3ccccc3)(c3ccccc3)c3ccccc3)ccc2c1=O)NS(=O)(=O)c1c(C)cc(OCCCC(=O)NCCNC(=O)[C@H](CSOOO)NC(=O)[C@H](CSOOO)NC(=O)OC(C)(C)C)cc1C. The summed E-state index contributed by atoms with van der Waals surface area (Å²) in [6.07, 6.45) is 4.30. The fraction of sp³-hybridized carbons (Fsp3) is 0.333. The van der Waals surface area contributed by atoms with Gasteiger partial charge >= 0.3 is 12.1 Å². The number of pyridine rings is 1. The molecule has 0 saturated heterocycles. The van der Waals surface area contributed by atoms with Crippen LogP contribution in [0.25, 0.3) is 10.9 Å². The number of hydrogen-bond donors (Lipinski definition) is 9. The highest BCUT2D eigenvalue weighted by Gasteiger charge is 2.40. The minimum Gasteiger partial charge on any atom is -0.494 e. The summed E-state index contributed by atoms with van der Waals surface area (Å²) in [4.78, 5) is 97.0. The van der Waals surface area contributed by atoms with Crippen molar-refractivity contribution in [1.82, 2.24) is 45.4 Å². The lowest BCUT2D eigenvalue weighted by atomic mass is 9.76. The van der Waals surface area contributed by atoms with Crippen molar-refractivity contribution < 1.29 is 80.7 Å². The summed E-state index contributed by atoms with van der Waals surface area (Å²) in [6.45, 7) is 7.46. The molecule has 7 aromatic rings. The average molecular weight is 1360 g/mol. The molecule has 0 fully saturated rings. The molecular formula is C63H74N10O18S3. The van der Waals surface area contributed by atoms with E-state index in [9.17, 15) is 42.0 Å². The number of rotatable bonds is 34. The number of anilines is 1. The number of amides is 5. The molecule has 502 valence electrons. The molecule has 0 radical (unpaired) electrons. The van der Waals surface area contributed by atoms with E-state index in [4.69, 9.17) is 29.7 Å². The van der Waals surface area contributed by atoms with Crippen molar-refractivity contribution in [3.63, 3.8) is 0 Å². The number of ether oxygens (including phenoxy) is 3. The number of carbonyl (C=O) groups excluding carboxylic acids is 6. The van der Waals surface area contributed by atoms with Gasteiger partial charge in [0.25, 0.3) is 5.91 Å². The number of hydrogen-bond acceptors (Lipinski definition) is 22. The van der Waals surface area contributed by atoms with E-state index in [1.54, 1.807) is 50.7 Å². The van der Waals surface area contributed by atoms with E-state index in [-0.39, 0.29) is 76.8 Å². The number of carbonyl (C=O) groups is 6. The fourth-order valence-corrected chi connectivity index (χ4v) is 12.8. The minimum absolute atomic E-state index is 0.0106. The number of sulfonamides is 1. The number of imidazole rings is 1. The Morgan fingerprint density at radius 1 is 0.723 bits per heavy atom. The molecule has 0 spiro atoms. The highest BCUT2D eigenvalue weighted by Crippen LogP contribution is 2.42. The van der Waals surface area contributed by atoms with Gasteiger partial charge in [0.15, 0.2) is 0 Å². The molecule has 5 aromatic carbocycles. The van der Waals surface area contributed by atoms with Crippen molar-refractivity contribution in [3.8, 4) is 5.75 Å². The first kappa shape index (κ1) is 72.5. The smallest absolute Gasteiger partial charge is 0.408 e. The molecule has 0 bridgehead atoms. The molecule has 31 heteroatoms. The van der Waals surface area contributed by atoms with Crippen LogP contribution in [0.1, 0.15) is 77.4 Å². The molecular weight excluding hydrogens is 1280 g/mol. The van der Waals surface area contributed by atoms with Crippen molar-refractivity contribution in [3.05, 3.63) is 189 Å². The van der Waals surface area contributed by atoms with Gasteiger partial charge in [0.1, 0.15) is 40.6 Å². The predicted octanol–water partition coefficient (Wildman–Crippen LogP) is 5.96. The summed E-state index contributed by atoms with van der Waals surface area (Å²) < 4.78 is 58.8. The van der Waals surface area contributed by atoms with Gasteiger partial charge in [-0.3, -0.25) is 33.3 Å².